The minimum absolute atomic E-state index is 0.0143. The highest BCUT2D eigenvalue weighted by Crippen LogP contribution is 2.15. The minimum atomic E-state index is -0.201. The zero-order valence-electron chi connectivity index (χ0n) is 14.0. The molecule has 0 radical (unpaired) electrons. The third-order valence-electron chi connectivity index (χ3n) is 3.78. The van der Waals surface area contributed by atoms with Crippen LogP contribution in [0.15, 0.2) is 0 Å². The van der Waals surface area contributed by atoms with Crippen LogP contribution in [0.1, 0.15) is 97.3 Å². The smallest absolute Gasteiger partial charge is 0.302 e. The SMILES string of the molecule is CCCCCCCCCCC[C@H](CCCC#N)OC(C)=O. The number of hydrogen-bond donors (Lipinski definition) is 0. The van der Waals surface area contributed by atoms with Crippen molar-refractivity contribution < 1.29 is 9.53 Å². The first kappa shape index (κ1) is 20.0. The lowest BCUT2D eigenvalue weighted by atomic mass is 10.0. The third kappa shape index (κ3) is 15.2. The van der Waals surface area contributed by atoms with E-state index in [1.807, 2.05) is 0 Å². The van der Waals surface area contributed by atoms with Crippen molar-refractivity contribution in [2.24, 2.45) is 0 Å². The lowest BCUT2D eigenvalue weighted by Crippen LogP contribution is -2.16. The van der Waals surface area contributed by atoms with Crippen molar-refractivity contribution in [3.05, 3.63) is 0 Å². The summed E-state index contributed by atoms with van der Waals surface area (Å²) in [7, 11) is 0. The molecule has 0 aromatic carbocycles. The average molecular weight is 295 g/mol. The Labute approximate surface area is 131 Å². The molecule has 0 amide bonds. The highest BCUT2D eigenvalue weighted by Gasteiger charge is 2.11. The van der Waals surface area contributed by atoms with Crippen LogP contribution in [0.5, 0.6) is 0 Å². The van der Waals surface area contributed by atoms with Gasteiger partial charge in [0.05, 0.1) is 6.07 Å². The topological polar surface area (TPSA) is 50.1 Å². The van der Waals surface area contributed by atoms with E-state index in [1.165, 1.54) is 58.3 Å². The van der Waals surface area contributed by atoms with E-state index in [9.17, 15) is 4.79 Å². The summed E-state index contributed by atoms with van der Waals surface area (Å²) in [4.78, 5) is 11.1. The monoisotopic (exact) mass is 295 g/mol. The predicted molar refractivity (Wildman–Crippen MR) is 86.9 cm³/mol. The van der Waals surface area contributed by atoms with Crippen molar-refractivity contribution in [3.8, 4) is 6.07 Å². The molecule has 0 bridgehead atoms. The molecular weight excluding hydrogens is 262 g/mol. The maximum atomic E-state index is 11.1. The Balaban J connectivity index is 3.54. The van der Waals surface area contributed by atoms with Crippen molar-refractivity contribution in [1.29, 1.82) is 5.26 Å². The number of rotatable bonds is 14. The number of carbonyl (C=O) groups excluding carboxylic acids is 1. The van der Waals surface area contributed by atoms with E-state index >= 15 is 0 Å². The number of ether oxygens (including phenoxy) is 1. The Hall–Kier alpha value is -1.04. The molecule has 0 N–H and O–H groups in total. The van der Waals surface area contributed by atoms with Gasteiger partial charge >= 0.3 is 5.97 Å². The summed E-state index contributed by atoms with van der Waals surface area (Å²) in [5.74, 6) is -0.201. The lowest BCUT2D eigenvalue weighted by molar-refractivity contribution is -0.147. The first-order valence-electron chi connectivity index (χ1n) is 8.74. The van der Waals surface area contributed by atoms with Crippen LogP contribution in [-0.2, 0) is 9.53 Å². The maximum absolute atomic E-state index is 11.1. The van der Waals surface area contributed by atoms with Crippen molar-refractivity contribution in [1.82, 2.24) is 0 Å². The number of hydrogen-bond acceptors (Lipinski definition) is 3. The summed E-state index contributed by atoms with van der Waals surface area (Å²) >= 11 is 0. The number of esters is 1. The van der Waals surface area contributed by atoms with Gasteiger partial charge in [0.25, 0.3) is 0 Å². The normalized spacial score (nSPS) is 11.9. The molecule has 0 fully saturated rings. The van der Waals surface area contributed by atoms with E-state index in [1.54, 1.807) is 0 Å². The molecule has 0 aromatic rings. The van der Waals surface area contributed by atoms with Gasteiger partial charge in [0.1, 0.15) is 6.10 Å². The van der Waals surface area contributed by atoms with Crippen molar-refractivity contribution in [2.45, 2.75) is 103 Å². The van der Waals surface area contributed by atoms with Crippen LogP contribution < -0.4 is 0 Å². The molecule has 0 saturated carbocycles. The Kier molecular flexibility index (Phi) is 14.6. The van der Waals surface area contributed by atoms with E-state index in [0.29, 0.717) is 6.42 Å². The summed E-state index contributed by atoms with van der Waals surface area (Å²) in [5, 5.41) is 8.55. The van der Waals surface area contributed by atoms with Crippen LogP contribution in [0.3, 0.4) is 0 Å². The molecule has 3 heteroatoms. The molecule has 0 rings (SSSR count). The molecule has 21 heavy (non-hydrogen) atoms. The van der Waals surface area contributed by atoms with Crippen molar-refractivity contribution in [3.63, 3.8) is 0 Å². The second kappa shape index (κ2) is 15.4. The largest absolute Gasteiger partial charge is 0.463 e. The molecule has 0 unspecified atom stereocenters. The molecule has 0 aliphatic carbocycles. The van der Waals surface area contributed by atoms with Gasteiger partial charge in [-0.15, -0.1) is 0 Å². The molecule has 0 heterocycles. The molecule has 1 atom stereocenters. The first-order chi connectivity index (χ1) is 10.2. The highest BCUT2D eigenvalue weighted by atomic mass is 16.5. The van der Waals surface area contributed by atoms with Crippen LogP contribution in [0.2, 0.25) is 0 Å². The van der Waals surface area contributed by atoms with E-state index in [0.717, 1.165) is 25.7 Å². The number of carbonyl (C=O) groups is 1. The minimum Gasteiger partial charge on any atom is -0.463 e. The maximum Gasteiger partial charge on any atom is 0.302 e. The average Bonchev–Trinajstić information content (AvgIpc) is 2.45. The quantitative estimate of drug-likeness (QED) is 0.312. The Morgan fingerprint density at radius 1 is 0.952 bits per heavy atom. The molecule has 0 aromatic heterocycles. The van der Waals surface area contributed by atoms with Gasteiger partial charge in [0, 0.05) is 13.3 Å². The number of nitrogens with zero attached hydrogens (tertiary/aromatic N) is 1. The van der Waals surface area contributed by atoms with Crippen molar-refractivity contribution >= 4 is 5.97 Å². The zero-order valence-corrected chi connectivity index (χ0v) is 14.0. The molecule has 0 aliphatic rings. The summed E-state index contributed by atoms with van der Waals surface area (Å²) in [5.41, 5.74) is 0. The zero-order chi connectivity index (χ0) is 15.8. The molecule has 0 spiro atoms. The van der Waals surface area contributed by atoms with Crippen LogP contribution in [0.25, 0.3) is 0 Å². The second-order valence-corrected chi connectivity index (χ2v) is 5.90. The van der Waals surface area contributed by atoms with Crippen LogP contribution >= 0.6 is 0 Å². The predicted octanol–water partition coefficient (Wildman–Crippen LogP) is 5.53. The van der Waals surface area contributed by atoms with Crippen LogP contribution in [-0.4, -0.2) is 12.1 Å². The van der Waals surface area contributed by atoms with E-state index in [-0.39, 0.29) is 12.1 Å². The molecule has 3 nitrogen and oxygen atoms in total. The standard InChI is InChI=1S/C18H33NO2/c1-3-4-5-6-7-8-9-10-11-14-18(21-17(2)20)15-12-13-16-19/h18H,3-15H2,1-2H3/t18-/m1/s1. The van der Waals surface area contributed by atoms with Gasteiger partial charge in [-0.2, -0.15) is 5.26 Å². The summed E-state index contributed by atoms with van der Waals surface area (Å²) < 4.78 is 5.32. The lowest BCUT2D eigenvalue weighted by Gasteiger charge is -2.16. The van der Waals surface area contributed by atoms with Gasteiger partial charge in [-0.25, -0.2) is 0 Å². The van der Waals surface area contributed by atoms with Crippen LogP contribution in [0.4, 0.5) is 0 Å². The van der Waals surface area contributed by atoms with Crippen molar-refractivity contribution in [2.75, 3.05) is 0 Å². The molecule has 0 saturated heterocycles. The summed E-state index contributed by atoms with van der Waals surface area (Å²) in [6, 6.07) is 2.14. The van der Waals surface area contributed by atoms with Gasteiger partial charge in [0.15, 0.2) is 0 Å². The fourth-order valence-corrected chi connectivity index (χ4v) is 2.59. The first-order valence-corrected chi connectivity index (χ1v) is 8.74. The fourth-order valence-electron chi connectivity index (χ4n) is 2.59. The fraction of sp³-hybridized carbons (Fsp3) is 0.889. The third-order valence-corrected chi connectivity index (χ3v) is 3.78. The summed E-state index contributed by atoms with van der Waals surface area (Å²) in [6.45, 7) is 3.71. The summed E-state index contributed by atoms with van der Waals surface area (Å²) in [6.07, 6.45) is 14.9. The van der Waals surface area contributed by atoms with E-state index < -0.39 is 0 Å². The number of nitriles is 1. The van der Waals surface area contributed by atoms with E-state index in [2.05, 4.69) is 13.0 Å². The van der Waals surface area contributed by atoms with Gasteiger partial charge in [0.2, 0.25) is 0 Å². The molecule has 122 valence electrons. The Morgan fingerprint density at radius 2 is 1.48 bits per heavy atom. The van der Waals surface area contributed by atoms with Crippen LogP contribution in [0, 0.1) is 11.3 Å². The van der Waals surface area contributed by atoms with Gasteiger partial charge in [-0.1, -0.05) is 58.3 Å². The Morgan fingerprint density at radius 3 is 2.00 bits per heavy atom. The molecule has 0 aliphatic heterocycles. The number of unbranched alkanes of at least 4 members (excludes halogenated alkanes) is 9. The second-order valence-electron chi connectivity index (χ2n) is 5.90. The Bertz CT molecular complexity index is 283. The van der Waals surface area contributed by atoms with Gasteiger partial charge in [-0.05, 0) is 25.7 Å². The van der Waals surface area contributed by atoms with Gasteiger partial charge < -0.3 is 4.74 Å². The van der Waals surface area contributed by atoms with E-state index in [4.69, 9.17) is 10.00 Å². The molecular formula is C18H33NO2. The highest BCUT2D eigenvalue weighted by molar-refractivity contribution is 5.66. The van der Waals surface area contributed by atoms with Gasteiger partial charge in [-0.3, -0.25) is 4.79 Å².